The van der Waals surface area contributed by atoms with Gasteiger partial charge in [0.1, 0.15) is 22.8 Å². The van der Waals surface area contributed by atoms with Gasteiger partial charge in [-0.3, -0.25) is 10.1 Å². The van der Waals surface area contributed by atoms with Gasteiger partial charge in [-0.1, -0.05) is 5.21 Å². The van der Waals surface area contributed by atoms with Gasteiger partial charge in [-0.2, -0.15) is 0 Å². The SMILES string of the molecule is CC(C)(C)OC(=O)NCc1c(C(=O)O)nnn1Cc1ccc([N+](=O)[O-])o1. The maximum Gasteiger partial charge on any atom is 0.433 e. The van der Waals surface area contributed by atoms with E-state index in [1.165, 1.54) is 16.8 Å². The summed E-state index contributed by atoms with van der Waals surface area (Å²) in [5.41, 5.74) is -0.991. The predicted molar refractivity (Wildman–Crippen MR) is 84.5 cm³/mol. The quantitative estimate of drug-likeness (QED) is 0.569. The monoisotopic (exact) mass is 367 g/mol. The third kappa shape index (κ3) is 4.78. The zero-order valence-corrected chi connectivity index (χ0v) is 14.3. The minimum Gasteiger partial charge on any atom is -0.476 e. The summed E-state index contributed by atoms with van der Waals surface area (Å²) in [5, 5.41) is 29.5. The van der Waals surface area contributed by atoms with Crippen LogP contribution in [0, 0.1) is 10.1 Å². The van der Waals surface area contributed by atoms with Crippen LogP contribution in [0.25, 0.3) is 0 Å². The van der Waals surface area contributed by atoms with Crippen molar-refractivity contribution < 1.29 is 28.8 Å². The Morgan fingerprint density at radius 2 is 2.12 bits per heavy atom. The van der Waals surface area contributed by atoms with Gasteiger partial charge in [0.05, 0.1) is 18.3 Å². The highest BCUT2D eigenvalue weighted by atomic mass is 16.6. The fraction of sp³-hybridized carbons (Fsp3) is 0.429. The first-order valence-electron chi connectivity index (χ1n) is 7.42. The van der Waals surface area contributed by atoms with Crippen molar-refractivity contribution in [2.24, 2.45) is 0 Å². The van der Waals surface area contributed by atoms with Crippen molar-refractivity contribution in [3.05, 3.63) is 39.4 Å². The molecule has 0 saturated heterocycles. The average Bonchev–Trinajstić information content (AvgIpc) is 3.11. The van der Waals surface area contributed by atoms with Crippen LogP contribution in [0.15, 0.2) is 16.5 Å². The molecular formula is C14H17N5O7. The molecule has 12 nitrogen and oxygen atoms in total. The van der Waals surface area contributed by atoms with Crippen LogP contribution in [0.5, 0.6) is 0 Å². The first-order chi connectivity index (χ1) is 12.1. The summed E-state index contributed by atoms with van der Waals surface area (Å²) in [7, 11) is 0. The van der Waals surface area contributed by atoms with Gasteiger partial charge in [0.2, 0.25) is 0 Å². The van der Waals surface area contributed by atoms with Crippen LogP contribution in [0.1, 0.15) is 42.7 Å². The highest BCUT2D eigenvalue weighted by Crippen LogP contribution is 2.17. The van der Waals surface area contributed by atoms with E-state index in [0.717, 1.165) is 0 Å². The van der Waals surface area contributed by atoms with Crippen LogP contribution in [0.2, 0.25) is 0 Å². The number of aromatic nitrogens is 3. The molecule has 0 spiro atoms. The number of hydrogen-bond donors (Lipinski definition) is 2. The van der Waals surface area contributed by atoms with Gasteiger partial charge in [0.25, 0.3) is 0 Å². The fourth-order valence-corrected chi connectivity index (χ4v) is 1.97. The molecule has 0 bridgehead atoms. The average molecular weight is 367 g/mol. The smallest absolute Gasteiger partial charge is 0.433 e. The van der Waals surface area contributed by atoms with Gasteiger partial charge in [0, 0.05) is 0 Å². The number of ether oxygens (including phenoxy) is 1. The summed E-state index contributed by atoms with van der Waals surface area (Å²) >= 11 is 0. The van der Waals surface area contributed by atoms with E-state index in [1.807, 2.05) is 0 Å². The molecule has 0 atom stereocenters. The lowest BCUT2D eigenvalue weighted by molar-refractivity contribution is -0.402. The molecule has 0 aromatic carbocycles. The van der Waals surface area contributed by atoms with Crippen molar-refractivity contribution in [2.75, 3.05) is 0 Å². The normalized spacial score (nSPS) is 11.2. The number of amides is 1. The van der Waals surface area contributed by atoms with Crippen molar-refractivity contribution in [3.63, 3.8) is 0 Å². The highest BCUT2D eigenvalue weighted by Gasteiger charge is 2.22. The summed E-state index contributed by atoms with van der Waals surface area (Å²) in [4.78, 5) is 33.0. The second kappa shape index (κ2) is 7.21. The van der Waals surface area contributed by atoms with Gasteiger partial charge in [-0.05, 0) is 26.8 Å². The Hall–Kier alpha value is -3.44. The van der Waals surface area contributed by atoms with Gasteiger partial charge in [-0.25, -0.2) is 14.3 Å². The van der Waals surface area contributed by atoms with E-state index in [-0.39, 0.29) is 30.2 Å². The number of aromatic carboxylic acids is 1. The largest absolute Gasteiger partial charge is 0.476 e. The Morgan fingerprint density at radius 3 is 2.65 bits per heavy atom. The number of carboxylic acids is 1. The molecule has 0 aliphatic rings. The number of nitrogens with one attached hydrogen (secondary N) is 1. The number of carbonyl (C=O) groups excluding carboxylic acids is 1. The van der Waals surface area contributed by atoms with Crippen LogP contribution < -0.4 is 5.32 Å². The van der Waals surface area contributed by atoms with E-state index in [4.69, 9.17) is 9.15 Å². The van der Waals surface area contributed by atoms with Crippen molar-refractivity contribution in [3.8, 4) is 0 Å². The second-order valence-electron chi connectivity index (χ2n) is 6.20. The lowest BCUT2D eigenvalue weighted by Crippen LogP contribution is -2.33. The molecule has 1 amide bonds. The van der Waals surface area contributed by atoms with E-state index >= 15 is 0 Å². The van der Waals surface area contributed by atoms with Gasteiger partial charge < -0.3 is 19.6 Å². The molecule has 140 valence electrons. The standard InChI is InChI=1S/C14H17N5O7/c1-14(2,3)26-13(22)15-6-9-11(12(20)21)16-17-18(9)7-8-4-5-10(25-8)19(23)24/h4-5H,6-7H2,1-3H3,(H,15,22)(H,20,21). The minimum absolute atomic E-state index is 0.0856. The Kier molecular flexibility index (Phi) is 5.24. The van der Waals surface area contributed by atoms with Crippen LogP contribution in [0.4, 0.5) is 10.7 Å². The molecule has 2 N–H and O–H groups in total. The Balaban J connectivity index is 2.18. The van der Waals surface area contributed by atoms with E-state index in [0.29, 0.717) is 0 Å². The lowest BCUT2D eigenvalue weighted by atomic mass is 10.2. The molecule has 26 heavy (non-hydrogen) atoms. The summed E-state index contributed by atoms with van der Waals surface area (Å²) in [6.07, 6.45) is -0.741. The van der Waals surface area contributed by atoms with E-state index in [9.17, 15) is 24.8 Å². The van der Waals surface area contributed by atoms with E-state index in [1.54, 1.807) is 20.8 Å². The summed E-state index contributed by atoms with van der Waals surface area (Å²) in [6, 6.07) is 2.54. The van der Waals surface area contributed by atoms with Crippen molar-refractivity contribution in [1.82, 2.24) is 20.3 Å². The second-order valence-corrected chi connectivity index (χ2v) is 6.20. The first kappa shape index (κ1) is 18.9. The van der Waals surface area contributed by atoms with Crippen LogP contribution in [-0.2, 0) is 17.8 Å². The van der Waals surface area contributed by atoms with E-state index < -0.39 is 28.5 Å². The Labute approximate surface area is 146 Å². The Morgan fingerprint density at radius 1 is 1.42 bits per heavy atom. The van der Waals surface area contributed by atoms with Crippen LogP contribution >= 0.6 is 0 Å². The molecule has 0 saturated carbocycles. The molecule has 0 radical (unpaired) electrons. The minimum atomic E-state index is -1.33. The van der Waals surface area contributed by atoms with Crippen LogP contribution in [-0.4, -0.2) is 42.7 Å². The fourth-order valence-electron chi connectivity index (χ4n) is 1.97. The van der Waals surface area contributed by atoms with Gasteiger partial charge >= 0.3 is 17.9 Å². The number of nitrogens with zero attached hydrogens (tertiary/aromatic N) is 4. The summed E-state index contributed by atoms with van der Waals surface area (Å²) in [5.74, 6) is -1.60. The number of nitro groups is 1. The summed E-state index contributed by atoms with van der Waals surface area (Å²) in [6.45, 7) is 4.74. The maximum absolute atomic E-state index is 11.8. The van der Waals surface area contributed by atoms with Crippen molar-refractivity contribution in [1.29, 1.82) is 0 Å². The molecule has 2 rings (SSSR count). The number of carbonyl (C=O) groups is 2. The summed E-state index contributed by atoms with van der Waals surface area (Å²) < 4.78 is 11.3. The molecule has 2 aromatic rings. The molecule has 12 heteroatoms. The first-order valence-corrected chi connectivity index (χ1v) is 7.42. The maximum atomic E-state index is 11.8. The molecule has 0 unspecified atom stereocenters. The zero-order chi connectivity index (χ0) is 19.5. The number of hydrogen-bond acceptors (Lipinski definition) is 8. The number of furan rings is 1. The molecule has 2 heterocycles. The number of alkyl carbamates (subject to hydrolysis) is 1. The highest BCUT2D eigenvalue weighted by molar-refractivity contribution is 5.86. The molecule has 2 aromatic heterocycles. The lowest BCUT2D eigenvalue weighted by Gasteiger charge is -2.19. The topological polar surface area (TPSA) is 163 Å². The van der Waals surface area contributed by atoms with Crippen molar-refractivity contribution >= 4 is 17.9 Å². The number of rotatable bonds is 6. The van der Waals surface area contributed by atoms with Crippen LogP contribution in [0.3, 0.4) is 0 Å². The molecule has 0 fully saturated rings. The van der Waals surface area contributed by atoms with Gasteiger partial charge in [0.15, 0.2) is 5.69 Å². The van der Waals surface area contributed by atoms with E-state index in [2.05, 4.69) is 15.6 Å². The number of carboxylic acid groups (broad SMARTS) is 1. The molecular weight excluding hydrogens is 350 g/mol. The van der Waals surface area contributed by atoms with Crippen molar-refractivity contribution in [2.45, 2.75) is 39.5 Å². The third-order valence-corrected chi connectivity index (χ3v) is 2.97. The molecule has 0 aliphatic carbocycles. The molecule has 0 aliphatic heterocycles. The van der Waals surface area contributed by atoms with Gasteiger partial charge in [-0.15, -0.1) is 5.10 Å². The Bertz CT molecular complexity index is 833. The zero-order valence-electron chi connectivity index (χ0n) is 14.3. The third-order valence-electron chi connectivity index (χ3n) is 2.97. The predicted octanol–water partition coefficient (Wildman–Crippen LogP) is 1.55.